The molecule has 0 bridgehead atoms. The second-order valence-electron chi connectivity index (χ2n) is 12.1. The van der Waals surface area contributed by atoms with Gasteiger partial charge in [-0.15, -0.1) is 0 Å². The van der Waals surface area contributed by atoms with Crippen LogP contribution in [0.25, 0.3) is 10.4 Å². The Kier molecular flexibility index (Phi) is 15.6. The van der Waals surface area contributed by atoms with E-state index in [9.17, 15) is 65.4 Å². The number of hydrogen-bond acceptors (Lipinski definition) is 19. The highest BCUT2D eigenvalue weighted by atomic mass is 16.8. The number of rotatable bonds is 16. The molecule has 24 heteroatoms. The van der Waals surface area contributed by atoms with E-state index in [1.165, 1.54) is 0 Å². The molecule has 3 rings (SSSR count). The van der Waals surface area contributed by atoms with Gasteiger partial charge in [0.05, 0.1) is 38.6 Å². The van der Waals surface area contributed by atoms with Gasteiger partial charge in [0.15, 0.2) is 12.6 Å². The van der Waals surface area contributed by atoms with Gasteiger partial charge < -0.3 is 90.1 Å². The van der Waals surface area contributed by atoms with Crippen LogP contribution in [0.1, 0.15) is 20.3 Å². The normalized spacial score (nSPS) is 39.6. The Morgan fingerprint density at radius 3 is 2.14 bits per heavy atom. The third-order valence-corrected chi connectivity index (χ3v) is 8.39. The predicted molar refractivity (Wildman–Crippen MR) is 159 cm³/mol. The summed E-state index contributed by atoms with van der Waals surface area (Å²) in [6.07, 6.45) is -24.6. The molecule has 0 aromatic rings. The number of carbonyl (C=O) groups is 3. The Morgan fingerprint density at radius 1 is 0.941 bits per heavy atom. The first kappa shape index (κ1) is 42.5. The van der Waals surface area contributed by atoms with Crippen LogP contribution in [0.15, 0.2) is 5.11 Å². The van der Waals surface area contributed by atoms with Crippen molar-refractivity contribution in [1.29, 1.82) is 0 Å². The highest BCUT2D eigenvalue weighted by Crippen LogP contribution is 2.35. The summed E-state index contributed by atoms with van der Waals surface area (Å²) in [7, 11) is 0. The van der Waals surface area contributed by atoms with Crippen LogP contribution in [-0.4, -0.2) is 199 Å². The summed E-state index contributed by atoms with van der Waals surface area (Å²) in [6.45, 7) is -1.04. The van der Waals surface area contributed by atoms with Gasteiger partial charge in [-0.3, -0.25) is 9.59 Å². The maximum Gasteiger partial charge on any atom is 0.364 e. The maximum atomic E-state index is 12.5. The van der Waals surface area contributed by atoms with Crippen LogP contribution in [0.4, 0.5) is 0 Å². The summed E-state index contributed by atoms with van der Waals surface area (Å²) in [5.41, 5.74) is 8.47. The van der Waals surface area contributed by atoms with Crippen molar-refractivity contribution in [1.82, 2.24) is 10.6 Å². The van der Waals surface area contributed by atoms with E-state index in [4.69, 9.17) is 34.0 Å². The van der Waals surface area contributed by atoms with Gasteiger partial charge in [0, 0.05) is 31.7 Å². The summed E-state index contributed by atoms with van der Waals surface area (Å²) in [6, 6.07) is -2.86. The highest BCUT2D eigenvalue weighted by molar-refractivity contribution is 5.76. The molecule has 24 nitrogen and oxygen atoms in total. The Labute approximate surface area is 289 Å². The standard InChI is InChI=1S/C27H45N5O19/c1-9(35)30-15-11(37)5-27(26(44)45,51-23(15)17(39)12(38)6-33)47-8-14-18(40)20(42)21(43)25(49-14)50-22-13(7-34)48-24(46-4-3-29-32-28)16(19(22)41)31-10(2)36/h11-25,33-34,37-43H,3-8H2,1-2H3,(H,30,35)(H,31,36)(H,44,45)/t11-,12+,13+,14+,15+,16+,17+,18-,19+,20-,21+,22+,23+,24+,25-,27+/m0/s1. The number of nitrogens with zero attached hydrogens (tertiary/aromatic N) is 3. The largest absolute Gasteiger partial charge is 0.477 e. The molecule has 0 radical (unpaired) electrons. The first-order valence-corrected chi connectivity index (χ1v) is 15.7. The number of carboxylic acids is 1. The van der Waals surface area contributed by atoms with Crippen molar-refractivity contribution >= 4 is 17.8 Å². The van der Waals surface area contributed by atoms with E-state index >= 15 is 0 Å². The van der Waals surface area contributed by atoms with Crippen molar-refractivity contribution in [2.24, 2.45) is 5.11 Å². The van der Waals surface area contributed by atoms with Crippen molar-refractivity contribution in [2.75, 3.05) is 33.0 Å². The van der Waals surface area contributed by atoms with Crippen LogP contribution in [0, 0.1) is 0 Å². The third-order valence-electron chi connectivity index (χ3n) is 8.39. The van der Waals surface area contributed by atoms with E-state index in [-0.39, 0.29) is 13.2 Å². The SMILES string of the molecule is CC(=O)N[C@H]1[C@H](OCCN=[N+]=[N-])O[C@H](CO)[C@@H](O[C@@H]2O[C@H](CO[C@]3(C(=O)O)C[C@H](O)[C@@H](NC(C)=O)[C@H]([C@H](O)[C@H](O)CO)O3)[C@H](O)[C@H](O)[C@H]2O)[C@@H]1O. The lowest BCUT2D eigenvalue weighted by Gasteiger charge is -2.48. The number of aliphatic hydroxyl groups excluding tert-OH is 9. The molecule has 0 unspecified atom stereocenters. The molecule has 0 spiro atoms. The van der Waals surface area contributed by atoms with E-state index in [1.54, 1.807) is 0 Å². The Hall–Kier alpha value is -2.88. The first-order valence-electron chi connectivity index (χ1n) is 15.7. The number of azide groups is 1. The minimum absolute atomic E-state index is 0.149. The lowest BCUT2D eigenvalue weighted by atomic mass is 9.88. The summed E-state index contributed by atoms with van der Waals surface area (Å²) in [5, 5.41) is 112. The van der Waals surface area contributed by atoms with Gasteiger partial charge >= 0.3 is 5.97 Å². The van der Waals surface area contributed by atoms with E-state index in [2.05, 4.69) is 20.7 Å². The fourth-order valence-corrected chi connectivity index (χ4v) is 5.84. The number of hydrogen-bond donors (Lipinski definition) is 12. The van der Waals surface area contributed by atoms with E-state index < -0.39 is 142 Å². The van der Waals surface area contributed by atoms with Crippen molar-refractivity contribution in [3.8, 4) is 0 Å². The molecule has 3 fully saturated rings. The van der Waals surface area contributed by atoms with Crippen LogP contribution in [0.3, 0.4) is 0 Å². The molecule has 0 saturated carbocycles. The van der Waals surface area contributed by atoms with Crippen LogP contribution in [-0.2, 0) is 42.8 Å². The summed E-state index contributed by atoms with van der Waals surface area (Å²) < 4.78 is 33.4. The minimum Gasteiger partial charge on any atom is -0.477 e. The zero-order valence-electron chi connectivity index (χ0n) is 27.4. The number of carboxylic acid groups (broad SMARTS) is 1. The minimum atomic E-state index is -2.86. The van der Waals surface area contributed by atoms with Gasteiger partial charge in [0.2, 0.25) is 11.8 Å². The molecule has 3 aliphatic rings. The number of ether oxygens (including phenoxy) is 6. The lowest BCUT2D eigenvalue weighted by molar-refractivity contribution is -0.360. The number of aliphatic carboxylic acids is 1. The van der Waals surface area contributed by atoms with Crippen LogP contribution in [0.2, 0.25) is 0 Å². The van der Waals surface area contributed by atoms with Gasteiger partial charge in [-0.1, -0.05) is 5.11 Å². The molecular weight excluding hydrogens is 698 g/mol. The fraction of sp³-hybridized carbons (Fsp3) is 0.889. The second kappa shape index (κ2) is 18.7. The predicted octanol–water partition coefficient (Wildman–Crippen LogP) is -6.74. The lowest BCUT2D eigenvalue weighted by Crippen LogP contribution is -2.69. The maximum absolute atomic E-state index is 12.5. The molecule has 3 heterocycles. The monoisotopic (exact) mass is 743 g/mol. The average molecular weight is 744 g/mol. The van der Waals surface area contributed by atoms with Gasteiger partial charge in [0.25, 0.3) is 5.79 Å². The van der Waals surface area contributed by atoms with E-state index in [0.29, 0.717) is 0 Å². The quantitative estimate of drug-likeness (QED) is 0.0302. The molecule has 3 saturated heterocycles. The molecule has 0 aromatic heterocycles. The summed E-state index contributed by atoms with van der Waals surface area (Å²) in [4.78, 5) is 38.8. The van der Waals surface area contributed by atoms with Crippen LogP contribution >= 0.6 is 0 Å². The van der Waals surface area contributed by atoms with E-state index in [0.717, 1.165) is 13.8 Å². The molecule has 3 aliphatic heterocycles. The Balaban J connectivity index is 1.83. The Bertz CT molecular complexity index is 1230. The van der Waals surface area contributed by atoms with Gasteiger partial charge in [-0.25, -0.2) is 4.79 Å². The van der Waals surface area contributed by atoms with Crippen molar-refractivity contribution < 1.29 is 93.9 Å². The zero-order valence-corrected chi connectivity index (χ0v) is 27.4. The first-order chi connectivity index (χ1) is 24.0. The molecule has 0 aromatic carbocycles. The molecule has 16 atom stereocenters. The summed E-state index contributed by atoms with van der Waals surface area (Å²) in [5.74, 6) is -6.12. The third kappa shape index (κ3) is 10.2. The molecule has 12 N–H and O–H groups in total. The molecule has 51 heavy (non-hydrogen) atoms. The number of amides is 2. The molecule has 2 amide bonds. The van der Waals surface area contributed by atoms with Crippen LogP contribution in [0.5, 0.6) is 0 Å². The smallest absolute Gasteiger partial charge is 0.364 e. The van der Waals surface area contributed by atoms with Gasteiger partial charge in [-0.2, -0.15) is 0 Å². The van der Waals surface area contributed by atoms with Crippen molar-refractivity contribution in [3.63, 3.8) is 0 Å². The number of aliphatic hydroxyl groups is 9. The van der Waals surface area contributed by atoms with Gasteiger partial charge in [-0.05, 0) is 5.53 Å². The molecular formula is C27H45N5O19. The van der Waals surface area contributed by atoms with E-state index in [1.807, 2.05) is 0 Å². The molecule has 292 valence electrons. The highest BCUT2D eigenvalue weighted by Gasteiger charge is 2.57. The van der Waals surface area contributed by atoms with Crippen molar-refractivity contribution in [2.45, 2.75) is 118 Å². The Morgan fingerprint density at radius 2 is 1.57 bits per heavy atom. The molecule has 0 aliphatic carbocycles. The summed E-state index contributed by atoms with van der Waals surface area (Å²) >= 11 is 0. The number of carbonyl (C=O) groups excluding carboxylic acids is 2. The topological polar surface area (TPSA) is 382 Å². The van der Waals surface area contributed by atoms with Crippen LogP contribution < -0.4 is 10.6 Å². The van der Waals surface area contributed by atoms with Crippen molar-refractivity contribution in [3.05, 3.63) is 10.4 Å². The average Bonchev–Trinajstić information content (AvgIpc) is 3.08. The number of nitrogens with one attached hydrogen (secondary N) is 2. The fourth-order valence-electron chi connectivity index (χ4n) is 5.84. The second-order valence-corrected chi connectivity index (χ2v) is 12.1. The van der Waals surface area contributed by atoms with Gasteiger partial charge in [0.1, 0.15) is 67.1 Å². The zero-order chi connectivity index (χ0) is 38.2.